The van der Waals surface area contributed by atoms with Gasteiger partial charge in [-0.15, -0.1) is 11.3 Å². The number of aromatic nitrogens is 1. The van der Waals surface area contributed by atoms with E-state index in [0.29, 0.717) is 10.0 Å². The van der Waals surface area contributed by atoms with Crippen LogP contribution in [0.1, 0.15) is 29.5 Å². The van der Waals surface area contributed by atoms with Crippen LogP contribution in [0.2, 0.25) is 0 Å². The third-order valence-electron chi connectivity index (χ3n) is 4.50. The number of hydrogen-bond donors (Lipinski definition) is 0. The van der Waals surface area contributed by atoms with E-state index in [0.717, 1.165) is 41.5 Å². The van der Waals surface area contributed by atoms with Gasteiger partial charge in [0, 0.05) is 28.3 Å². The maximum absolute atomic E-state index is 13.6. The number of amidine groups is 1. The molecule has 0 aliphatic carbocycles. The highest BCUT2D eigenvalue weighted by Crippen LogP contribution is 2.42. The van der Waals surface area contributed by atoms with Crippen molar-refractivity contribution >= 4 is 39.1 Å². The number of thiazole rings is 1. The molecule has 0 radical (unpaired) electrons. The molecule has 2 aliphatic rings. The summed E-state index contributed by atoms with van der Waals surface area (Å²) < 4.78 is 19.2. The summed E-state index contributed by atoms with van der Waals surface area (Å²) in [5.74, 6) is -0.00762. The molecule has 2 aliphatic heterocycles. The summed E-state index contributed by atoms with van der Waals surface area (Å²) in [4.78, 5) is 23.9. The second-order valence-electron chi connectivity index (χ2n) is 5.97. The summed E-state index contributed by atoms with van der Waals surface area (Å²) in [6.07, 6.45) is 3.43. The van der Waals surface area contributed by atoms with E-state index >= 15 is 0 Å². The zero-order valence-electron chi connectivity index (χ0n) is 13.9. The zero-order chi connectivity index (χ0) is 18.3. The number of carbonyl (C=O) groups excluding carboxylic acids is 1. The number of esters is 1. The third-order valence-corrected chi connectivity index (χ3v) is 5.95. The molecule has 1 atom stereocenters. The average molecular weight is 436 g/mol. The molecule has 1 unspecified atom stereocenters. The Morgan fingerprint density at radius 2 is 2.31 bits per heavy atom. The SMILES string of the molecule is COC(=O)C1=C2CCCN2C(c2nccs2)=NC1c1ccc(F)cc1Br. The van der Waals surface area contributed by atoms with Gasteiger partial charge in [0.05, 0.1) is 12.7 Å². The van der Waals surface area contributed by atoms with E-state index in [2.05, 4.69) is 25.8 Å². The van der Waals surface area contributed by atoms with Crippen LogP contribution in [0.15, 0.2) is 50.5 Å². The molecule has 0 bridgehead atoms. The smallest absolute Gasteiger partial charge is 0.338 e. The molecule has 0 amide bonds. The summed E-state index contributed by atoms with van der Waals surface area (Å²) in [7, 11) is 1.37. The lowest BCUT2D eigenvalue weighted by molar-refractivity contribution is -0.136. The monoisotopic (exact) mass is 435 g/mol. The highest BCUT2D eigenvalue weighted by Gasteiger charge is 2.39. The van der Waals surface area contributed by atoms with Gasteiger partial charge in [-0.25, -0.2) is 14.2 Å². The lowest BCUT2D eigenvalue weighted by Crippen LogP contribution is -2.35. The van der Waals surface area contributed by atoms with Gasteiger partial charge in [-0.05, 0) is 30.5 Å². The number of halogens is 2. The molecular weight excluding hydrogens is 421 g/mol. The van der Waals surface area contributed by atoms with Gasteiger partial charge in [0.15, 0.2) is 10.8 Å². The largest absolute Gasteiger partial charge is 0.466 e. The normalized spacial score (nSPS) is 19.4. The molecule has 0 saturated carbocycles. The molecule has 26 heavy (non-hydrogen) atoms. The molecule has 1 saturated heterocycles. The Morgan fingerprint density at radius 1 is 1.46 bits per heavy atom. The number of benzene rings is 1. The van der Waals surface area contributed by atoms with E-state index in [9.17, 15) is 9.18 Å². The van der Waals surface area contributed by atoms with Crippen LogP contribution >= 0.6 is 27.3 Å². The van der Waals surface area contributed by atoms with Crippen molar-refractivity contribution in [2.24, 2.45) is 4.99 Å². The summed E-state index contributed by atoms with van der Waals surface area (Å²) in [6.45, 7) is 0.783. The van der Waals surface area contributed by atoms with Crippen molar-refractivity contribution in [2.75, 3.05) is 13.7 Å². The van der Waals surface area contributed by atoms with E-state index in [1.807, 2.05) is 5.38 Å². The Kier molecular flexibility index (Phi) is 4.62. The lowest BCUT2D eigenvalue weighted by atomic mass is 9.95. The first-order chi connectivity index (χ1) is 12.6. The number of nitrogens with zero attached hydrogens (tertiary/aromatic N) is 3. The minimum Gasteiger partial charge on any atom is -0.466 e. The summed E-state index contributed by atoms with van der Waals surface area (Å²) in [5.41, 5.74) is 2.15. The van der Waals surface area contributed by atoms with E-state index in [1.165, 1.54) is 30.6 Å². The van der Waals surface area contributed by atoms with E-state index in [1.54, 1.807) is 12.3 Å². The number of allylic oxidation sites excluding steroid dienone is 1. The maximum atomic E-state index is 13.6. The Morgan fingerprint density at radius 3 is 3.00 bits per heavy atom. The molecule has 8 heteroatoms. The molecular formula is C18H15BrFN3O2S. The molecule has 1 fully saturated rings. The van der Waals surface area contributed by atoms with Gasteiger partial charge in [-0.3, -0.25) is 4.99 Å². The quantitative estimate of drug-likeness (QED) is 0.681. The van der Waals surface area contributed by atoms with Crippen LogP contribution in [0.3, 0.4) is 0 Å². The van der Waals surface area contributed by atoms with Crippen LogP contribution in [0, 0.1) is 5.82 Å². The fourth-order valence-electron chi connectivity index (χ4n) is 3.39. The number of methoxy groups -OCH3 is 1. The lowest BCUT2D eigenvalue weighted by Gasteiger charge is -2.31. The van der Waals surface area contributed by atoms with E-state index in [4.69, 9.17) is 9.73 Å². The van der Waals surface area contributed by atoms with Gasteiger partial charge in [0.2, 0.25) is 0 Å². The van der Waals surface area contributed by atoms with Gasteiger partial charge in [-0.2, -0.15) is 0 Å². The Bertz CT molecular complexity index is 927. The van der Waals surface area contributed by atoms with Gasteiger partial charge in [-0.1, -0.05) is 22.0 Å². The Hall–Kier alpha value is -2.06. The topological polar surface area (TPSA) is 54.8 Å². The fourth-order valence-corrected chi connectivity index (χ4v) is 4.60. The van der Waals surface area contributed by atoms with Crippen molar-refractivity contribution in [3.8, 4) is 0 Å². The van der Waals surface area contributed by atoms with Crippen LogP contribution in [0.5, 0.6) is 0 Å². The maximum Gasteiger partial charge on any atom is 0.338 e. The minimum atomic E-state index is -0.569. The van der Waals surface area contributed by atoms with Gasteiger partial charge in [0.1, 0.15) is 11.9 Å². The third kappa shape index (κ3) is 2.87. The first-order valence-corrected chi connectivity index (χ1v) is 9.79. The van der Waals surface area contributed by atoms with Crippen LogP contribution in [0.25, 0.3) is 0 Å². The standard InChI is InChI=1S/C18H15BrFN3O2S/c1-25-18(24)14-13-3-2-7-23(13)16(17-21-6-8-26-17)22-15(14)11-5-4-10(20)9-12(11)19/h4-6,8-9,15H,2-3,7H2,1H3. The first kappa shape index (κ1) is 17.4. The Labute approximate surface area is 162 Å². The second kappa shape index (κ2) is 6.92. The summed E-state index contributed by atoms with van der Waals surface area (Å²) in [6, 6.07) is 3.84. The second-order valence-corrected chi connectivity index (χ2v) is 7.71. The van der Waals surface area contributed by atoms with Crippen LogP contribution in [-0.2, 0) is 9.53 Å². The van der Waals surface area contributed by atoms with Gasteiger partial charge in [0.25, 0.3) is 0 Å². The predicted octanol–water partition coefficient (Wildman–Crippen LogP) is 4.07. The molecule has 2 aromatic rings. The van der Waals surface area contributed by atoms with Gasteiger partial charge < -0.3 is 9.64 Å². The molecule has 1 aromatic carbocycles. The number of aliphatic imine (C=N–C) groups is 1. The highest BCUT2D eigenvalue weighted by molar-refractivity contribution is 9.10. The van der Waals surface area contributed by atoms with Crippen LogP contribution in [0.4, 0.5) is 4.39 Å². The number of ether oxygens (including phenoxy) is 1. The molecule has 0 N–H and O–H groups in total. The molecule has 0 spiro atoms. The van der Waals surface area contributed by atoms with Crippen molar-refractivity contribution in [3.63, 3.8) is 0 Å². The number of rotatable bonds is 3. The summed E-state index contributed by atoms with van der Waals surface area (Å²) >= 11 is 4.92. The van der Waals surface area contributed by atoms with Gasteiger partial charge >= 0.3 is 5.97 Å². The van der Waals surface area contributed by atoms with Crippen molar-refractivity contribution in [2.45, 2.75) is 18.9 Å². The zero-order valence-corrected chi connectivity index (χ0v) is 16.3. The average Bonchev–Trinajstić information content (AvgIpc) is 3.31. The van der Waals surface area contributed by atoms with Crippen molar-refractivity contribution in [1.29, 1.82) is 0 Å². The molecule has 5 nitrogen and oxygen atoms in total. The molecule has 3 heterocycles. The van der Waals surface area contributed by atoms with Crippen LogP contribution in [-0.4, -0.2) is 35.3 Å². The number of hydrogen-bond acceptors (Lipinski definition) is 6. The highest BCUT2D eigenvalue weighted by atomic mass is 79.9. The van der Waals surface area contributed by atoms with Crippen molar-refractivity contribution in [1.82, 2.24) is 9.88 Å². The fraction of sp³-hybridized carbons (Fsp3) is 0.278. The molecule has 1 aromatic heterocycles. The number of carbonyl (C=O) groups is 1. The Balaban J connectivity index is 1.92. The van der Waals surface area contributed by atoms with Crippen molar-refractivity contribution < 1.29 is 13.9 Å². The number of fused-ring (bicyclic) bond motifs is 1. The van der Waals surface area contributed by atoms with Crippen LogP contribution < -0.4 is 0 Å². The minimum absolute atomic E-state index is 0.352. The van der Waals surface area contributed by atoms with E-state index < -0.39 is 12.0 Å². The predicted molar refractivity (Wildman–Crippen MR) is 100 cm³/mol. The van der Waals surface area contributed by atoms with E-state index in [-0.39, 0.29) is 5.82 Å². The summed E-state index contributed by atoms with van der Waals surface area (Å²) in [5, 5.41) is 2.70. The molecule has 134 valence electrons. The van der Waals surface area contributed by atoms with Crippen molar-refractivity contribution in [3.05, 3.63) is 61.9 Å². The molecule has 4 rings (SSSR count). The first-order valence-electron chi connectivity index (χ1n) is 8.11.